The maximum absolute atomic E-state index is 12.5. The molecule has 3 aromatic rings. The molecule has 8 nitrogen and oxygen atoms in total. The minimum atomic E-state index is -0.424. The Hall–Kier alpha value is -2.95. The topological polar surface area (TPSA) is 101 Å². The van der Waals surface area contributed by atoms with Crippen molar-refractivity contribution in [3.63, 3.8) is 0 Å². The third kappa shape index (κ3) is 4.87. The molecule has 1 N–H and O–H groups in total. The largest absolute Gasteiger partial charge is 0.492 e. The molecule has 0 saturated heterocycles. The van der Waals surface area contributed by atoms with Gasteiger partial charge in [-0.25, -0.2) is 4.90 Å². The number of hydrogen-bond donors (Lipinski definition) is 1. The number of thioether (sulfide) groups is 1. The predicted molar refractivity (Wildman–Crippen MR) is 118 cm³/mol. The van der Waals surface area contributed by atoms with Crippen molar-refractivity contribution in [1.82, 2.24) is 15.5 Å². The van der Waals surface area contributed by atoms with Gasteiger partial charge in [-0.2, -0.15) is 0 Å². The van der Waals surface area contributed by atoms with E-state index in [0.29, 0.717) is 39.4 Å². The molecule has 0 radical (unpaired) electrons. The average molecular weight is 475 g/mol. The first-order valence-corrected chi connectivity index (χ1v) is 11.3. The van der Waals surface area contributed by atoms with Gasteiger partial charge in [0, 0.05) is 5.02 Å². The molecule has 4 rings (SSSR count). The Balaban J connectivity index is 1.24. The fourth-order valence-electron chi connectivity index (χ4n) is 2.78. The van der Waals surface area contributed by atoms with Crippen molar-refractivity contribution >= 4 is 57.6 Å². The summed E-state index contributed by atoms with van der Waals surface area (Å²) in [5, 5.41) is 11.5. The highest BCUT2D eigenvalue weighted by Crippen LogP contribution is 2.33. The zero-order chi connectivity index (χ0) is 21.8. The number of halogens is 1. The Bertz CT molecular complexity index is 1100. The molecule has 0 atom stereocenters. The number of ether oxygens (including phenoxy) is 1. The lowest BCUT2D eigenvalue weighted by molar-refractivity contribution is -0.118. The van der Waals surface area contributed by atoms with E-state index in [1.807, 2.05) is 0 Å². The van der Waals surface area contributed by atoms with Gasteiger partial charge < -0.3 is 10.1 Å². The average Bonchev–Trinajstić information content (AvgIpc) is 3.34. The monoisotopic (exact) mass is 474 g/mol. The van der Waals surface area contributed by atoms with Gasteiger partial charge in [0.2, 0.25) is 11.0 Å². The van der Waals surface area contributed by atoms with Crippen LogP contribution in [0.5, 0.6) is 5.75 Å². The Morgan fingerprint density at radius 3 is 2.42 bits per heavy atom. The van der Waals surface area contributed by atoms with Gasteiger partial charge in [-0.1, -0.05) is 46.8 Å². The first-order valence-electron chi connectivity index (χ1n) is 9.12. The molecule has 158 valence electrons. The molecule has 2 aromatic carbocycles. The molecular formula is C20H15ClN4O4S2. The van der Waals surface area contributed by atoms with Gasteiger partial charge >= 0.3 is 0 Å². The SMILES string of the molecule is O=C(CSc1nnc(N2C(=O)c3ccccc3C2=O)s1)NCCOc1ccc(Cl)cc1. The fraction of sp³-hybridized carbons (Fsp3) is 0.150. The smallest absolute Gasteiger partial charge is 0.268 e. The number of anilines is 1. The predicted octanol–water partition coefficient (Wildman–Crippen LogP) is 3.28. The Morgan fingerprint density at radius 2 is 1.74 bits per heavy atom. The van der Waals surface area contributed by atoms with Crippen molar-refractivity contribution in [2.24, 2.45) is 0 Å². The van der Waals surface area contributed by atoms with Crippen LogP contribution in [-0.2, 0) is 4.79 Å². The molecule has 0 spiro atoms. The molecule has 2 heterocycles. The van der Waals surface area contributed by atoms with Crippen LogP contribution in [0.15, 0.2) is 52.9 Å². The number of carbonyl (C=O) groups is 3. The summed E-state index contributed by atoms with van der Waals surface area (Å²) in [6.45, 7) is 0.666. The molecule has 1 aromatic heterocycles. The standard InChI is InChI=1S/C20H15ClN4O4S2/c21-12-5-7-13(8-6-12)29-10-9-22-16(26)11-30-20-24-23-19(31-20)25-17(27)14-3-1-2-4-15(14)18(25)28/h1-8H,9-11H2,(H,22,26). The Labute approximate surface area is 190 Å². The summed E-state index contributed by atoms with van der Waals surface area (Å²) in [6.07, 6.45) is 0. The van der Waals surface area contributed by atoms with Crippen LogP contribution in [0.2, 0.25) is 5.02 Å². The van der Waals surface area contributed by atoms with Gasteiger partial charge in [0.25, 0.3) is 11.8 Å². The van der Waals surface area contributed by atoms with E-state index in [2.05, 4.69) is 15.5 Å². The number of aromatic nitrogens is 2. The third-order valence-corrected chi connectivity index (χ3v) is 6.51. The summed E-state index contributed by atoms with van der Waals surface area (Å²) >= 11 is 8.08. The number of nitrogens with one attached hydrogen (secondary N) is 1. The highest BCUT2D eigenvalue weighted by Gasteiger charge is 2.38. The van der Waals surface area contributed by atoms with Crippen molar-refractivity contribution in [3.05, 3.63) is 64.7 Å². The molecule has 0 bridgehead atoms. The van der Waals surface area contributed by atoms with Gasteiger partial charge in [0.15, 0.2) is 4.34 Å². The molecule has 0 saturated carbocycles. The number of carbonyl (C=O) groups excluding carboxylic acids is 3. The summed E-state index contributed by atoms with van der Waals surface area (Å²) in [4.78, 5) is 38.0. The lowest BCUT2D eigenvalue weighted by atomic mass is 10.1. The molecule has 0 aliphatic carbocycles. The van der Waals surface area contributed by atoms with Crippen LogP contribution in [0.1, 0.15) is 20.7 Å². The molecule has 1 aliphatic rings. The van der Waals surface area contributed by atoms with E-state index in [0.717, 1.165) is 16.2 Å². The maximum atomic E-state index is 12.5. The fourth-order valence-corrected chi connectivity index (χ4v) is 4.58. The van der Waals surface area contributed by atoms with Crippen molar-refractivity contribution in [2.75, 3.05) is 23.8 Å². The van der Waals surface area contributed by atoms with Crippen molar-refractivity contribution < 1.29 is 19.1 Å². The molecule has 0 fully saturated rings. The first-order chi connectivity index (χ1) is 15.0. The Morgan fingerprint density at radius 1 is 1.06 bits per heavy atom. The number of benzene rings is 2. The van der Waals surface area contributed by atoms with E-state index < -0.39 is 11.8 Å². The van der Waals surface area contributed by atoms with Gasteiger partial charge in [0.1, 0.15) is 12.4 Å². The third-order valence-electron chi connectivity index (χ3n) is 4.21. The summed E-state index contributed by atoms with van der Waals surface area (Å²) in [6, 6.07) is 13.6. The molecule has 1 aliphatic heterocycles. The highest BCUT2D eigenvalue weighted by molar-refractivity contribution is 8.01. The minimum absolute atomic E-state index is 0.123. The lowest BCUT2D eigenvalue weighted by Crippen LogP contribution is -2.29. The van der Waals surface area contributed by atoms with Crippen LogP contribution >= 0.6 is 34.7 Å². The highest BCUT2D eigenvalue weighted by atomic mass is 35.5. The number of fused-ring (bicyclic) bond motifs is 1. The van der Waals surface area contributed by atoms with Crippen LogP contribution in [0.25, 0.3) is 0 Å². The van der Waals surface area contributed by atoms with E-state index in [9.17, 15) is 14.4 Å². The summed E-state index contributed by atoms with van der Waals surface area (Å²) in [7, 11) is 0. The lowest BCUT2D eigenvalue weighted by Gasteiger charge is -2.08. The second-order valence-corrected chi connectivity index (χ2v) is 8.90. The van der Waals surface area contributed by atoms with Crippen molar-refractivity contribution in [2.45, 2.75) is 4.34 Å². The molecule has 31 heavy (non-hydrogen) atoms. The van der Waals surface area contributed by atoms with E-state index in [-0.39, 0.29) is 16.8 Å². The van der Waals surface area contributed by atoms with Crippen LogP contribution in [0.4, 0.5) is 5.13 Å². The zero-order valence-electron chi connectivity index (χ0n) is 15.9. The normalized spacial score (nSPS) is 12.7. The van der Waals surface area contributed by atoms with Crippen LogP contribution in [0.3, 0.4) is 0 Å². The van der Waals surface area contributed by atoms with E-state index in [4.69, 9.17) is 16.3 Å². The summed E-state index contributed by atoms with van der Waals surface area (Å²) in [5.74, 6) is -0.249. The number of hydrogen-bond acceptors (Lipinski definition) is 8. The molecule has 0 unspecified atom stereocenters. The Kier molecular flexibility index (Phi) is 6.50. The molecular weight excluding hydrogens is 460 g/mol. The number of rotatable bonds is 8. The quantitative estimate of drug-likeness (QED) is 0.231. The van der Waals surface area contributed by atoms with Gasteiger partial charge in [0.05, 0.1) is 23.4 Å². The van der Waals surface area contributed by atoms with Gasteiger partial charge in [-0.3, -0.25) is 14.4 Å². The van der Waals surface area contributed by atoms with Crippen molar-refractivity contribution in [3.8, 4) is 5.75 Å². The number of amides is 3. The van der Waals surface area contributed by atoms with Crippen molar-refractivity contribution in [1.29, 1.82) is 0 Å². The van der Waals surface area contributed by atoms with E-state index in [1.54, 1.807) is 48.5 Å². The maximum Gasteiger partial charge on any atom is 0.268 e. The van der Waals surface area contributed by atoms with Crippen LogP contribution in [-0.4, -0.2) is 46.8 Å². The zero-order valence-corrected chi connectivity index (χ0v) is 18.3. The number of imide groups is 1. The summed E-state index contributed by atoms with van der Waals surface area (Å²) in [5.41, 5.74) is 0.689. The van der Waals surface area contributed by atoms with Gasteiger partial charge in [-0.05, 0) is 36.4 Å². The molecule has 11 heteroatoms. The second-order valence-electron chi connectivity index (χ2n) is 6.28. The minimum Gasteiger partial charge on any atom is -0.492 e. The van der Waals surface area contributed by atoms with E-state index >= 15 is 0 Å². The van der Waals surface area contributed by atoms with E-state index in [1.165, 1.54) is 11.8 Å². The second kappa shape index (κ2) is 9.46. The van der Waals surface area contributed by atoms with Crippen LogP contribution in [0, 0.1) is 0 Å². The number of nitrogens with zero attached hydrogens (tertiary/aromatic N) is 3. The summed E-state index contributed by atoms with van der Waals surface area (Å²) < 4.78 is 6.00. The molecule has 3 amide bonds. The van der Waals surface area contributed by atoms with Crippen LogP contribution < -0.4 is 15.0 Å². The first kappa shape index (κ1) is 21.3. The van der Waals surface area contributed by atoms with Gasteiger partial charge in [-0.15, -0.1) is 10.2 Å².